The van der Waals surface area contributed by atoms with Crippen molar-refractivity contribution in [3.8, 4) is 0 Å². The van der Waals surface area contributed by atoms with Gasteiger partial charge in [-0.3, -0.25) is 9.80 Å². The second kappa shape index (κ2) is 5.00. The first-order valence-electron chi connectivity index (χ1n) is 6.31. The number of hydrogen-bond acceptors (Lipinski definition) is 4. The van der Waals surface area contributed by atoms with E-state index in [0.29, 0.717) is 6.04 Å². The first-order chi connectivity index (χ1) is 7.54. The van der Waals surface area contributed by atoms with Crippen molar-refractivity contribution in [3.05, 3.63) is 0 Å². The summed E-state index contributed by atoms with van der Waals surface area (Å²) in [6.07, 6.45) is 1.19. The molecule has 2 fully saturated rings. The van der Waals surface area contributed by atoms with E-state index in [4.69, 9.17) is 4.74 Å². The molecule has 2 aliphatic heterocycles. The van der Waals surface area contributed by atoms with Crippen LogP contribution in [0.5, 0.6) is 0 Å². The van der Waals surface area contributed by atoms with Crippen molar-refractivity contribution >= 4 is 0 Å². The molecule has 0 aromatic rings. The van der Waals surface area contributed by atoms with E-state index in [0.717, 1.165) is 45.9 Å². The van der Waals surface area contributed by atoms with Crippen molar-refractivity contribution in [2.75, 3.05) is 45.9 Å². The van der Waals surface area contributed by atoms with E-state index in [-0.39, 0.29) is 0 Å². The average molecular weight is 228 g/mol. The van der Waals surface area contributed by atoms with Crippen LogP contribution in [0.4, 0.5) is 0 Å². The van der Waals surface area contributed by atoms with Gasteiger partial charge in [0.15, 0.2) is 0 Å². The van der Waals surface area contributed by atoms with Crippen LogP contribution in [0.25, 0.3) is 0 Å². The van der Waals surface area contributed by atoms with E-state index in [1.165, 1.54) is 6.42 Å². The number of rotatable bonds is 3. The Labute approximate surface area is 98.2 Å². The summed E-state index contributed by atoms with van der Waals surface area (Å²) >= 11 is 0. The summed E-state index contributed by atoms with van der Waals surface area (Å²) < 4.78 is 5.42. The van der Waals surface area contributed by atoms with Gasteiger partial charge in [0, 0.05) is 45.4 Å². The second-order valence-corrected chi connectivity index (χ2v) is 5.64. The number of hydrogen-bond donors (Lipinski definition) is 1. The maximum Gasteiger partial charge on any atom is 0.0718 e. The molecular weight excluding hydrogens is 204 g/mol. The smallest absolute Gasteiger partial charge is 0.0718 e. The normalized spacial score (nSPS) is 29.8. The molecule has 2 rings (SSSR count). The molecule has 0 radical (unpaired) electrons. The Hall–Kier alpha value is -0.160. The van der Waals surface area contributed by atoms with Crippen LogP contribution in [0.1, 0.15) is 20.3 Å². The Morgan fingerprint density at radius 3 is 2.44 bits per heavy atom. The van der Waals surface area contributed by atoms with Gasteiger partial charge in [0.1, 0.15) is 0 Å². The number of nitrogens with zero attached hydrogens (tertiary/aromatic N) is 2. The van der Waals surface area contributed by atoms with Gasteiger partial charge in [-0.05, 0) is 20.3 Å². The summed E-state index contributed by atoms with van der Waals surface area (Å²) in [6.45, 7) is 10.7. The lowest BCUT2D eigenvalue weighted by Gasteiger charge is -2.39. The summed E-state index contributed by atoms with van der Waals surface area (Å²) in [5.74, 6) is 0. The van der Waals surface area contributed by atoms with Gasteiger partial charge in [-0.1, -0.05) is 0 Å². The monoisotopic (exact) mass is 228 g/mol. The standard InChI is InChI=1S/C12H24N2O2/c1-12(2,15)10-13-4-6-14(7-5-13)11-3-8-16-9-11/h11,15H,3-10H2,1-2H3. The molecule has 0 spiro atoms. The predicted octanol–water partition coefficient (Wildman–Crippen LogP) is 0.164. The van der Waals surface area contributed by atoms with Crippen molar-refractivity contribution in [3.63, 3.8) is 0 Å². The van der Waals surface area contributed by atoms with Gasteiger partial charge in [-0.15, -0.1) is 0 Å². The third-order valence-electron chi connectivity index (χ3n) is 3.44. The minimum atomic E-state index is -0.571. The number of ether oxygens (including phenoxy) is 1. The van der Waals surface area contributed by atoms with E-state index < -0.39 is 5.60 Å². The van der Waals surface area contributed by atoms with Crippen molar-refractivity contribution < 1.29 is 9.84 Å². The van der Waals surface area contributed by atoms with Crippen LogP contribution in [0, 0.1) is 0 Å². The number of aliphatic hydroxyl groups is 1. The molecule has 4 heteroatoms. The van der Waals surface area contributed by atoms with Gasteiger partial charge < -0.3 is 9.84 Å². The molecule has 94 valence electrons. The lowest BCUT2D eigenvalue weighted by atomic mass is 10.1. The zero-order valence-electron chi connectivity index (χ0n) is 10.5. The largest absolute Gasteiger partial charge is 0.389 e. The van der Waals surface area contributed by atoms with Crippen molar-refractivity contribution in [2.45, 2.75) is 31.9 Å². The van der Waals surface area contributed by atoms with E-state index in [2.05, 4.69) is 9.80 Å². The van der Waals surface area contributed by atoms with Crippen molar-refractivity contribution in [1.29, 1.82) is 0 Å². The van der Waals surface area contributed by atoms with E-state index in [9.17, 15) is 5.11 Å². The second-order valence-electron chi connectivity index (χ2n) is 5.64. The summed E-state index contributed by atoms with van der Waals surface area (Å²) in [7, 11) is 0. The SMILES string of the molecule is CC(C)(O)CN1CCN(C2CCOC2)CC1. The van der Waals surface area contributed by atoms with Gasteiger partial charge in [0.2, 0.25) is 0 Å². The van der Waals surface area contributed by atoms with E-state index >= 15 is 0 Å². The van der Waals surface area contributed by atoms with Gasteiger partial charge in [0.05, 0.1) is 12.2 Å². The predicted molar refractivity (Wildman–Crippen MR) is 63.5 cm³/mol. The number of β-amino-alcohol motifs (C(OH)–C–C–N with tert-alkyl or cyclic N) is 1. The highest BCUT2D eigenvalue weighted by Gasteiger charge is 2.28. The topological polar surface area (TPSA) is 35.9 Å². The highest BCUT2D eigenvalue weighted by molar-refractivity contribution is 4.83. The molecule has 4 nitrogen and oxygen atoms in total. The molecule has 2 heterocycles. The van der Waals surface area contributed by atoms with Crippen LogP contribution in [0.3, 0.4) is 0 Å². The van der Waals surface area contributed by atoms with Crippen LogP contribution in [-0.4, -0.2) is 72.5 Å². The molecule has 0 bridgehead atoms. The Kier molecular flexibility index (Phi) is 3.85. The molecule has 0 saturated carbocycles. The minimum absolute atomic E-state index is 0.571. The summed E-state index contributed by atoms with van der Waals surface area (Å²) in [6, 6.07) is 0.643. The van der Waals surface area contributed by atoms with Gasteiger partial charge in [-0.2, -0.15) is 0 Å². The molecule has 0 aromatic heterocycles. The maximum atomic E-state index is 9.77. The average Bonchev–Trinajstić information content (AvgIpc) is 2.69. The highest BCUT2D eigenvalue weighted by atomic mass is 16.5. The van der Waals surface area contributed by atoms with Crippen LogP contribution >= 0.6 is 0 Å². The molecule has 2 aliphatic rings. The molecular formula is C12H24N2O2. The Balaban J connectivity index is 1.74. The van der Waals surface area contributed by atoms with Crippen molar-refractivity contribution in [1.82, 2.24) is 9.80 Å². The molecule has 2 saturated heterocycles. The third-order valence-corrected chi connectivity index (χ3v) is 3.44. The zero-order chi connectivity index (χ0) is 11.6. The number of piperazine rings is 1. The van der Waals surface area contributed by atoms with Crippen LogP contribution in [0.15, 0.2) is 0 Å². The van der Waals surface area contributed by atoms with E-state index in [1.807, 2.05) is 13.8 Å². The van der Waals surface area contributed by atoms with Crippen LogP contribution in [-0.2, 0) is 4.74 Å². The molecule has 0 amide bonds. The molecule has 0 aliphatic carbocycles. The summed E-state index contributed by atoms with van der Waals surface area (Å²) in [4.78, 5) is 4.89. The molecule has 16 heavy (non-hydrogen) atoms. The van der Waals surface area contributed by atoms with E-state index in [1.54, 1.807) is 0 Å². The van der Waals surface area contributed by atoms with Gasteiger partial charge >= 0.3 is 0 Å². The lowest BCUT2D eigenvalue weighted by molar-refractivity contribution is 0.00995. The van der Waals surface area contributed by atoms with Crippen LogP contribution in [0.2, 0.25) is 0 Å². The summed E-state index contributed by atoms with van der Waals surface area (Å²) in [5.41, 5.74) is -0.571. The fourth-order valence-corrected chi connectivity index (χ4v) is 2.64. The van der Waals surface area contributed by atoms with Crippen molar-refractivity contribution in [2.24, 2.45) is 0 Å². The molecule has 0 aromatic carbocycles. The Bertz CT molecular complexity index is 214. The third kappa shape index (κ3) is 3.42. The fraction of sp³-hybridized carbons (Fsp3) is 1.00. The molecule has 1 atom stereocenters. The Morgan fingerprint density at radius 2 is 1.94 bits per heavy atom. The first kappa shape index (κ1) is 12.3. The van der Waals surface area contributed by atoms with Gasteiger partial charge in [-0.25, -0.2) is 0 Å². The Morgan fingerprint density at radius 1 is 1.25 bits per heavy atom. The summed E-state index contributed by atoms with van der Waals surface area (Å²) in [5, 5.41) is 9.77. The molecule has 1 unspecified atom stereocenters. The lowest BCUT2D eigenvalue weighted by Crippen LogP contribution is -2.53. The highest BCUT2D eigenvalue weighted by Crippen LogP contribution is 2.15. The zero-order valence-corrected chi connectivity index (χ0v) is 10.5. The fourth-order valence-electron chi connectivity index (χ4n) is 2.64. The van der Waals surface area contributed by atoms with Gasteiger partial charge in [0.25, 0.3) is 0 Å². The maximum absolute atomic E-state index is 9.77. The van der Waals surface area contributed by atoms with Crippen LogP contribution < -0.4 is 0 Å². The molecule has 1 N–H and O–H groups in total. The quantitative estimate of drug-likeness (QED) is 0.747. The minimum Gasteiger partial charge on any atom is -0.389 e. The first-order valence-corrected chi connectivity index (χ1v) is 6.31.